The minimum absolute atomic E-state index is 0.204. The second-order valence-electron chi connectivity index (χ2n) is 4.79. The van der Waals surface area contributed by atoms with Crippen LogP contribution in [0.4, 0.5) is 0 Å². The first-order valence-electron chi connectivity index (χ1n) is 6.63. The smallest absolute Gasteiger partial charge is 0.235 e. The van der Waals surface area contributed by atoms with Crippen LogP contribution in [-0.4, -0.2) is 45.6 Å². The van der Waals surface area contributed by atoms with E-state index in [2.05, 4.69) is 5.32 Å². The van der Waals surface area contributed by atoms with E-state index in [0.717, 1.165) is 16.1 Å². The molecule has 1 rings (SSSR count). The number of likely N-dealkylation sites (N-methyl/N-ethyl adjacent to an activating group) is 1. The Hall–Kier alpha value is -1.60. The summed E-state index contributed by atoms with van der Waals surface area (Å²) >= 11 is 0. The summed E-state index contributed by atoms with van der Waals surface area (Å²) < 4.78 is 28.9. The Bertz CT molecular complexity index is 586. The van der Waals surface area contributed by atoms with Gasteiger partial charge in [0.1, 0.15) is 5.75 Å². The Labute approximate surface area is 126 Å². The largest absolute Gasteiger partial charge is 0.496 e. The molecule has 0 spiro atoms. The van der Waals surface area contributed by atoms with Gasteiger partial charge in [-0.05, 0) is 12.5 Å². The van der Waals surface area contributed by atoms with E-state index in [1.165, 1.54) is 7.05 Å². The second-order valence-corrected chi connectivity index (χ2v) is 6.88. The van der Waals surface area contributed by atoms with Crippen LogP contribution in [-0.2, 0) is 14.8 Å². The highest BCUT2D eigenvalue weighted by Gasteiger charge is 2.20. The molecule has 0 unspecified atom stereocenters. The van der Waals surface area contributed by atoms with Crippen LogP contribution in [0.15, 0.2) is 24.3 Å². The van der Waals surface area contributed by atoms with Crippen molar-refractivity contribution in [2.45, 2.75) is 19.4 Å². The lowest BCUT2D eigenvalue weighted by Gasteiger charge is -2.21. The zero-order chi connectivity index (χ0) is 16.0. The van der Waals surface area contributed by atoms with Crippen molar-refractivity contribution in [1.29, 1.82) is 0 Å². The van der Waals surface area contributed by atoms with Crippen LogP contribution in [0, 0.1) is 0 Å². The summed E-state index contributed by atoms with van der Waals surface area (Å²) in [5.41, 5.74) is 0.873. The molecule has 0 radical (unpaired) electrons. The summed E-state index contributed by atoms with van der Waals surface area (Å²) in [4.78, 5) is 12.0. The van der Waals surface area contributed by atoms with Gasteiger partial charge in [0.15, 0.2) is 0 Å². The predicted molar refractivity (Wildman–Crippen MR) is 81.6 cm³/mol. The molecule has 0 bridgehead atoms. The molecule has 6 nitrogen and oxygen atoms in total. The van der Waals surface area contributed by atoms with Crippen LogP contribution in [0.25, 0.3) is 0 Å². The van der Waals surface area contributed by atoms with Gasteiger partial charge < -0.3 is 10.1 Å². The van der Waals surface area contributed by atoms with E-state index in [9.17, 15) is 13.2 Å². The van der Waals surface area contributed by atoms with Gasteiger partial charge in [-0.15, -0.1) is 0 Å². The normalized spacial score (nSPS) is 13.0. The number of ether oxygens (including phenoxy) is 1. The summed E-state index contributed by atoms with van der Waals surface area (Å²) in [7, 11) is -0.422. The standard InChI is InChI=1S/C14H22N2O4S/c1-5-12(11-8-6-7-9-13(11)20-3)15-14(17)10-16(2)21(4,18)19/h6-9,12H,5,10H2,1-4H3,(H,15,17)/t12-/m0/s1. The van der Waals surface area contributed by atoms with Crippen LogP contribution in [0.5, 0.6) is 5.75 Å². The highest BCUT2D eigenvalue weighted by Crippen LogP contribution is 2.26. The number of benzene rings is 1. The average molecular weight is 314 g/mol. The number of carbonyl (C=O) groups excluding carboxylic acids is 1. The Balaban J connectivity index is 2.81. The lowest BCUT2D eigenvalue weighted by molar-refractivity contribution is -0.121. The summed E-state index contributed by atoms with van der Waals surface area (Å²) in [6.07, 6.45) is 1.74. The van der Waals surface area contributed by atoms with Crippen LogP contribution in [0.1, 0.15) is 24.9 Å². The van der Waals surface area contributed by atoms with Crippen molar-refractivity contribution in [2.75, 3.05) is 27.0 Å². The van der Waals surface area contributed by atoms with Gasteiger partial charge >= 0.3 is 0 Å². The molecule has 1 atom stereocenters. The number of nitrogens with one attached hydrogen (secondary N) is 1. The maximum Gasteiger partial charge on any atom is 0.235 e. The lowest BCUT2D eigenvalue weighted by atomic mass is 10.0. The van der Waals surface area contributed by atoms with E-state index < -0.39 is 10.0 Å². The van der Waals surface area contributed by atoms with Crippen molar-refractivity contribution in [2.24, 2.45) is 0 Å². The summed E-state index contributed by atoms with van der Waals surface area (Å²) in [6, 6.07) is 7.21. The molecular formula is C14H22N2O4S. The zero-order valence-electron chi connectivity index (χ0n) is 12.8. The fourth-order valence-corrected chi connectivity index (χ4v) is 2.27. The molecule has 0 heterocycles. The van der Waals surface area contributed by atoms with E-state index in [1.807, 2.05) is 31.2 Å². The number of amides is 1. The lowest BCUT2D eigenvalue weighted by Crippen LogP contribution is -2.39. The third-order valence-corrected chi connectivity index (χ3v) is 4.45. The minimum atomic E-state index is -3.37. The molecule has 1 aromatic rings. The first-order valence-corrected chi connectivity index (χ1v) is 8.48. The topological polar surface area (TPSA) is 75.7 Å². The van der Waals surface area contributed by atoms with Crippen LogP contribution in [0.3, 0.4) is 0 Å². The highest BCUT2D eigenvalue weighted by atomic mass is 32.2. The molecule has 0 aliphatic heterocycles. The SMILES string of the molecule is CC[C@H](NC(=O)CN(C)S(C)(=O)=O)c1ccccc1OC. The maximum atomic E-state index is 12.0. The van der Waals surface area contributed by atoms with Crippen LogP contribution >= 0.6 is 0 Å². The summed E-state index contributed by atoms with van der Waals surface area (Å²) in [6.45, 7) is 1.74. The van der Waals surface area contributed by atoms with E-state index >= 15 is 0 Å². The molecule has 1 amide bonds. The molecule has 118 valence electrons. The molecule has 7 heteroatoms. The zero-order valence-corrected chi connectivity index (χ0v) is 13.6. The molecule has 1 N–H and O–H groups in total. The van der Waals surface area contributed by atoms with E-state index in [-0.39, 0.29) is 18.5 Å². The number of sulfonamides is 1. The average Bonchev–Trinajstić information content (AvgIpc) is 2.43. The molecule has 0 fully saturated rings. The number of hydrogen-bond acceptors (Lipinski definition) is 4. The molecule has 0 aromatic heterocycles. The maximum absolute atomic E-state index is 12.0. The van der Waals surface area contributed by atoms with Gasteiger partial charge in [0, 0.05) is 12.6 Å². The third-order valence-electron chi connectivity index (χ3n) is 3.19. The highest BCUT2D eigenvalue weighted by molar-refractivity contribution is 7.88. The van der Waals surface area contributed by atoms with Gasteiger partial charge in [-0.3, -0.25) is 4.79 Å². The van der Waals surface area contributed by atoms with Gasteiger partial charge in [-0.25, -0.2) is 8.42 Å². The number of nitrogens with zero attached hydrogens (tertiary/aromatic N) is 1. The van der Waals surface area contributed by atoms with Gasteiger partial charge in [-0.2, -0.15) is 4.31 Å². The molecule has 0 aliphatic carbocycles. The Kier molecular flexibility index (Phi) is 6.17. The van der Waals surface area contributed by atoms with E-state index in [0.29, 0.717) is 12.2 Å². The first-order chi connectivity index (χ1) is 9.79. The van der Waals surface area contributed by atoms with Crippen molar-refractivity contribution in [1.82, 2.24) is 9.62 Å². The first kappa shape index (κ1) is 17.5. The Morgan fingerprint density at radius 3 is 2.52 bits per heavy atom. The third kappa shape index (κ3) is 5.02. The number of carbonyl (C=O) groups is 1. The Morgan fingerprint density at radius 2 is 2.00 bits per heavy atom. The minimum Gasteiger partial charge on any atom is -0.496 e. The second kappa shape index (κ2) is 7.42. The van der Waals surface area contributed by atoms with Crippen LogP contribution in [0.2, 0.25) is 0 Å². The van der Waals surface area contributed by atoms with Crippen molar-refractivity contribution in [3.63, 3.8) is 0 Å². The van der Waals surface area contributed by atoms with E-state index in [4.69, 9.17) is 4.74 Å². The number of para-hydroxylation sites is 1. The molecule has 0 saturated heterocycles. The molecule has 21 heavy (non-hydrogen) atoms. The number of methoxy groups -OCH3 is 1. The number of hydrogen-bond donors (Lipinski definition) is 1. The molecule has 1 aromatic carbocycles. The van der Waals surface area contributed by atoms with Crippen molar-refractivity contribution in [3.8, 4) is 5.75 Å². The van der Waals surface area contributed by atoms with Crippen LogP contribution < -0.4 is 10.1 Å². The molecule has 0 aliphatic rings. The van der Waals surface area contributed by atoms with Gasteiger partial charge in [0.2, 0.25) is 15.9 Å². The van der Waals surface area contributed by atoms with Gasteiger partial charge in [0.25, 0.3) is 0 Å². The summed E-state index contributed by atoms with van der Waals surface area (Å²) in [5.74, 6) is 0.349. The molecule has 0 saturated carbocycles. The van der Waals surface area contributed by atoms with Crippen molar-refractivity contribution < 1.29 is 17.9 Å². The monoisotopic (exact) mass is 314 g/mol. The van der Waals surface area contributed by atoms with Gasteiger partial charge in [0.05, 0.1) is 26.0 Å². The van der Waals surface area contributed by atoms with Crippen molar-refractivity contribution in [3.05, 3.63) is 29.8 Å². The molecular weight excluding hydrogens is 292 g/mol. The summed E-state index contributed by atoms with van der Waals surface area (Å²) in [5, 5.41) is 2.84. The predicted octanol–water partition coefficient (Wildman–Crippen LogP) is 1.15. The quantitative estimate of drug-likeness (QED) is 0.819. The number of rotatable bonds is 7. The van der Waals surface area contributed by atoms with E-state index in [1.54, 1.807) is 7.11 Å². The fraction of sp³-hybridized carbons (Fsp3) is 0.500. The fourth-order valence-electron chi connectivity index (χ4n) is 1.91. The van der Waals surface area contributed by atoms with Gasteiger partial charge in [-0.1, -0.05) is 25.1 Å². The Morgan fingerprint density at radius 1 is 1.38 bits per heavy atom. The van der Waals surface area contributed by atoms with Crippen molar-refractivity contribution >= 4 is 15.9 Å².